The summed E-state index contributed by atoms with van der Waals surface area (Å²) in [6.07, 6.45) is -5.34. The van der Waals surface area contributed by atoms with E-state index in [1.54, 1.807) is 17.4 Å². The quantitative estimate of drug-likeness (QED) is 0.576. The Hall–Kier alpha value is -3.43. The van der Waals surface area contributed by atoms with Crippen molar-refractivity contribution in [1.82, 2.24) is 5.32 Å². The van der Waals surface area contributed by atoms with Crippen molar-refractivity contribution in [3.63, 3.8) is 0 Å². The molecule has 0 fully saturated rings. The van der Waals surface area contributed by atoms with Crippen molar-refractivity contribution in [3.8, 4) is 11.5 Å². The molecule has 0 radical (unpaired) electrons. The van der Waals surface area contributed by atoms with Gasteiger partial charge >= 0.3 is 23.9 Å². The van der Waals surface area contributed by atoms with Crippen LogP contribution in [0, 0.1) is 0 Å². The first-order chi connectivity index (χ1) is 13.2. The Morgan fingerprint density at radius 2 is 1.54 bits per heavy atom. The van der Waals surface area contributed by atoms with E-state index in [0.717, 1.165) is 7.11 Å². The summed E-state index contributed by atoms with van der Waals surface area (Å²) in [6, 6.07) is 11.4. The average Bonchev–Trinajstić information content (AvgIpc) is 2.67. The van der Waals surface area contributed by atoms with E-state index in [1.807, 2.05) is 0 Å². The van der Waals surface area contributed by atoms with Gasteiger partial charge < -0.3 is 19.5 Å². The standard InChI is InChI=1S/C18H17F3N2O5/c1-26-14-11-7-6-10-13(14)22-16(25)23-17(15(24)27-2,18(19,20)21)28-12-8-4-3-5-9-12/h3-11H,1-2H3,(H2,22,23,25)/t17-/m0/s1. The molecule has 2 aromatic rings. The number of urea groups is 1. The molecule has 2 amide bonds. The van der Waals surface area contributed by atoms with Crippen LogP contribution >= 0.6 is 0 Å². The maximum Gasteiger partial charge on any atom is 0.460 e. The van der Waals surface area contributed by atoms with Gasteiger partial charge in [-0.15, -0.1) is 0 Å². The average molecular weight is 398 g/mol. The van der Waals surface area contributed by atoms with Crippen molar-refractivity contribution < 1.29 is 37.0 Å². The monoisotopic (exact) mass is 398 g/mol. The Bertz CT molecular complexity index is 829. The number of hydrogen-bond donors (Lipinski definition) is 2. The van der Waals surface area contributed by atoms with E-state index in [2.05, 4.69) is 10.1 Å². The van der Waals surface area contributed by atoms with E-state index >= 15 is 0 Å². The highest BCUT2D eigenvalue weighted by atomic mass is 19.4. The van der Waals surface area contributed by atoms with Crippen molar-refractivity contribution in [2.24, 2.45) is 0 Å². The molecular formula is C18H17F3N2O5. The molecule has 2 N–H and O–H groups in total. The predicted octanol–water partition coefficient (Wildman–Crippen LogP) is 3.33. The molecule has 2 aromatic carbocycles. The topological polar surface area (TPSA) is 85.9 Å². The summed E-state index contributed by atoms with van der Waals surface area (Å²) in [7, 11) is 2.07. The number of anilines is 1. The maximum atomic E-state index is 13.8. The minimum atomic E-state index is -5.34. The Kier molecular flexibility index (Phi) is 6.34. The van der Waals surface area contributed by atoms with Gasteiger partial charge in [0.15, 0.2) is 0 Å². The summed E-state index contributed by atoms with van der Waals surface area (Å²) in [6.45, 7) is 0. The molecule has 0 unspecified atom stereocenters. The van der Waals surface area contributed by atoms with Gasteiger partial charge in [-0.1, -0.05) is 30.3 Å². The summed E-state index contributed by atoms with van der Waals surface area (Å²) in [5, 5.41) is 3.73. The second-order valence-electron chi connectivity index (χ2n) is 5.37. The largest absolute Gasteiger partial charge is 0.495 e. The molecule has 0 aliphatic rings. The van der Waals surface area contributed by atoms with Gasteiger partial charge in [0.1, 0.15) is 11.5 Å². The lowest BCUT2D eigenvalue weighted by molar-refractivity contribution is -0.258. The lowest BCUT2D eigenvalue weighted by Gasteiger charge is -2.33. The van der Waals surface area contributed by atoms with Crippen molar-refractivity contribution in [2.75, 3.05) is 19.5 Å². The zero-order valence-electron chi connectivity index (χ0n) is 14.9. The zero-order chi connectivity index (χ0) is 20.8. The summed E-state index contributed by atoms with van der Waals surface area (Å²) in [4.78, 5) is 24.3. The van der Waals surface area contributed by atoms with Crippen molar-refractivity contribution in [1.29, 1.82) is 0 Å². The van der Waals surface area contributed by atoms with Crippen LogP contribution in [-0.2, 0) is 9.53 Å². The fraction of sp³-hybridized carbons (Fsp3) is 0.222. The number of nitrogens with one attached hydrogen (secondary N) is 2. The van der Waals surface area contributed by atoms with E-state index in [-0.39, 0.29) is 17.2 Å². The molecule has 0 saturated carbocycles. The molecule has 0 bridgehead atoms. The highest BCUT2D eigenvalue weighted by molar-refractivity contribution is 5.95. The minimum Gasteiger partial charge on any atom is -0.495 e. The fourth-order valence-corrected chi connectivity index (χ4v) is 2.23. The SMILES string of the molecule is COC(=O)[C@](NC(=O)Nc1ccccc1OC)(Oc1ccccc1)C(F)(F)F. The number of hydrogen-bond acceptors (Lipinski definition) is 5. The van der Waals surface area contributed by atoms with Crippen molar-refractivity contribution >= 4 is 17.7 Å². The van der Waals surface area contributed by atoms with Gasteiger partial charge in [-0.05, 0) is 24.3 Å². The van der Waals surface area contributed by atoms with Gasteiger partial charge in [-0.2, -0.15) is 13.2 Å². The number of para-hydroxylation sites is 3. The van der Waals surface area contributed by atoms with Crippen LogP contribution in [0.4, 0.5) is 23.7 Å². The number of benzene rings is 2. The van der Waals surface area contributed by atoms with Crippen LogP contribution in [0.5, 0.6) is 11.5 Å². The molecule has 0 spiro atoms. The van der Waals surface area contributed by atoms with Gasteiger partial charge in [-0.25, -0.2) is 9.59 Å². The zero-order valence-corrected chi connectivity index (χ0v) is 14.9. The number of rotatable bonds is 6. The summed E-state index contributed by atoms with van der Waals surface area (Å²) in [5.74, 6) is -1.95. The molecule has 1 atom stereocenters. The van der Waals surface area contributed by atoms with E-state index in [4.69, 9.17) is 9.47 Å². The number of carbonyl (C=O) groups is 2. The molecule has 0 aliphatic carbocycles. The Labute approximate surface area is 158 Å². The molecule has 150 valence electrons. The highest BCUT2D eigenvalue weighted by Crippen LogP contribution is 2.34. The highest BCUT2D eigenvalue weighted by Gasteiger charge is 2.66. The Morgan fingerprint density at radius 3 is 2.11 bits per heavy atom. The lowest BCUT2D eigenvalue weighted by atomic mass is 10.2. The minimum absolute atomic E-state index is 0.0863. The number of halogens is 3. The lowest BCUT2D eigenvalue weighted by Crippen LogP contribution is -2.68. The molecule has 0 aliphatic heterocycles. The van der Waals surface area contributed by atoms with E-state index in [1.165, 1.54) is 49.6 Å². The third kappa shape index (κ3) is 4.45. The van der Waals surface area contributed by atoms with Crippen LogP contribution in [0.15, 0.2) is 54.6 Å². The molecule has 0 aromatic heterocycles. The molecule has 0 saturated heterocycles. The van der Waals surface area contributed by atoms with Crippen molar-refractivity contribution in [3.05, 3.63) is 54.6 Å². The van der Waals surface area contributed by atoms with Crippen LogP contribution in [0.2, 0.25) is 0 Å². The molecule has 7 nitrogen and oxygen atoms in total. The number of ether oxygens (including phenoxy) is 3. The molecular weight excluding hydrogens is 381 g/mol. The first-order valence-corrected chi connectivity index (χ1v) is 7.85. The molecule has 0 heterocycles. The van der Waals surface area contributed by atoms with Gasteiger partial charge in [0, 0.05) is 0 Å². The number of amides is 2. The third-order valence-electron chi connectivity index (χ3n) is 3.53. The van der Waals surface area contributed by atoms with Gasteiger partial charge in [-0.3, -0.25) is 5.32 Å². The molecule has 28 heavy (non-hydrogen) atoms. The fourth-order valence-electron chi connectivity index (χ4n) is 2.23. The maximum absolute atomic E-state index is 13.8. The summed E-state index contributed by atoms with van der Waals surface area (Å²) >= 11 is 0. The predicted molar refractivity (Wildman–Crippen MR) is 93.0 cm³/mol. The van der Waals surface area contributed by atoms with Crippen LogP contribution in [0.25, 0.3) is 0 Å². The van der Waals surface area contributed by atoms with E-state index < -0.39 is 23.9 Å². The third-order valence-corrected chi connectivity index (χ3v) is 3.53. The second kappa shape index (κ2) is 8.51. The normalized spacial score (nSPS) is 13.0. The van der Waals surface area contributed by atoms with Gasteiger partial charge in [0.2, 0.25) is 0 Å². The first kappa shape index (κ1) is 20.9. The number of methoxy groups -OCH3 is 2. The van der Waals surface area contributed by atoms with Crippen LogP contribution in [0.1, 0.15) is 0 Å². The van der Waals surface area contributed by atoms with E-state index in [0.29, 0.717) is 0 Å². The second-order valence-corrected chi connectivity index (χ2v) is 5.37. The summed E-state index contributed by atoms with van der Waals surface area (Å²) in [5.41, 5.74) is -3.68. The Balaban J connectivity index is 2.37. The number of alkyl halides is 3. The van der Waals surface area contributed by atoms with Crippen molar-refractivity contribution in [2.45, 2.75) is 11.9 Å². The first-order valence-electron chi connectivity index (χ1n) is 7.85. The van der Waals surface area contributed by atoms with E-state index in [9.17, 15) is 22.8 Å². The van der Waals surface area contributed by atoms with Gasteiger partial charge in [0.05, 0.1) is 19.9 Å². The smallest absolute Gasteiger partial charge is 0.460 e. The number of carbonyl (C=O) groups excluding carboxylic acids is 2. The summed E-state index contributed by atoms with van der Waals surface area (Å²) < 4.78 is 55.7. The van der Waals surface area contributed by atoms with Crippen LogP contribution in [-0.4, -0.2) is 38.1 Å². The van der Waals surface area contributed by atoms with Crippen LogP contribution < -0.4 is 20.1 Å². The van der Waals surface area contributed by atoms with Gasteiger partial charge in [0.25, 0.3) is 0 Å². The number of esters is 1. The van der Waals surface area contributed by atoms with Crippen LogP contribution in [0.3, 0.4) is 0 Å². The Morgan fingerprint density at radius 1 is 0.929 bits per heavy atom. The molecule has 10 heteroatoms. The molecule has 2 rings (SSSR count).